The maximum Gasteiger partial charge on any atom is 0.122 e. The van der Waals surface area contributed by atoms with Crippen LogP contribution in [0.25, 0.3) is 0 Å². The Morgan fingerprint density at radius 3 is 2.62 bits per heavy atom. The largest absolute Gasteiger partial charge is 0.374 e. The van der Waals surface area contributed by atoms with Crippen LogP contribution in [0.3, 0.4) is 0 Å². The number of hydrogen-bond acceptors (Lipinski definition) is 4. The number of thioether (sulfide) groups is 2. The second kappa shape index (κ2) is 5.78. The SMILES string of the molecule is CC[C@@H]1CC2(C[C@H](CC=O)O1)SCCCS2. The van der Waals surface area contributed by atoms with Gasteiger partial charge in [0, 0.05) is 6.42 Å². The topological polar surface area (TPSA) is 26.3 Å². The van der Waals surface area contributed by atoms with Gasteiger partial charge in [0.05, 0.1) is 16.3 Å². The normalized spacial score (nSPS) is 33.8. The molecule has 1 spiro atoms. The Morgan fingerprint density at radius 2 is 2.00 bits per heavy atom. The molecule has 0 radical (unpaired) electrons. The lowest BCUT2D eigenvalue weighted by atomic mass is 9.99. The van der Waals surface area contributed by atoms with Crippen LogP contribution >= 0.6 is 23.5 Å². The summed E-state index contributed by atoms with van der Waals surface area (Å²) in [6.45, 7) is 2.18. The molecule has 2 nitrogen and oxygen atoms in total. The molecule has 2 atom stereocenters. The first-order chi connectivity index (χ1) is 7.78. The summed E-state index contributed by atoms with van der Waals surface area (Å²) in [5, 5.41) is 0. The Morgan fingerprint density at radius 1 is 1.31 bits per heavy atom. The number of rotatable bonds is 3. The van der Waals surface area contributed by atoms with Gasteiger partial charge in [0.15, 0.2) is 0 Å². The maximum absolute atomic E-state index is 10.6. The van der Waals surface area contributed by atoms with E-state index in [0.29, 0.717) is 16.6 Å². The maximum atomic E-state index is 10.6. The van der Waals surface area contributed by atoms with Crippen molar-refractivity contribution in [1.82, 2.24) is 0 Å². The van der Waals surface area contributed by atoms with Gasteiger partial charge in [-0.05, 0) is 37.2 Å². The van der Waals surface area contributed by atoms with Gasteiger partial charge in [-0.3, -0.25) is 0 Å². The molecule has 2 fully saturated rings. The molecular weight excluding hydrogens is 240 g/mol. The molecule has 0 bridgehead atoms. The Kier molecular flexibility index (Phi) is 4.62. The summed E-state index contributed by atoms with van der Waals surface area (Å²) in [4.78, 5) is 10.6. The van der Waals surface area contributed by atoms with E-state index in [0.717, 1.165) is 25.5 Å². The van der Waals surface area contributed by atoms with Crippen LogP contribution < -0.4 is 0 Å². The summed E-state index contributed by atoms with van der Waals surface area (Å²) in [6.07, 6.45) is 6.71. The molecule has 2 rings (SSSR count). The van der Waals surface area contributed by atoms with E-state index in [1.54, 1.807) is 0 Å². The summed E-state index contributed by atoms with van der Waals surface area (Å²) in [6, 6.07) is 0. The predicted octanol–water partition coefficient (Wildman–Crippen LogP) is 3.10. The smallest absolute Gasteiger partial charge is 0.122 e. The molecular formula is C12H20O2S2. The molecule has 2 heterocycles. The van der Waals surface area contributed by atoms with Gasteiger partial charge < -0.3 is 9.53 Å². The molecule has 0 aromatic carbocycles. The molecule has 0 aromatic heterocycles. The van der Waals surface area contributed by atoms with Crippen molar-refractivity contribution in [2.24, 2.45) is 0 Å². The van der Waals surface area contributed by atoms with Crippen molar-refractivity contribution in [2.45, 2.75) is 55.3 Å². The molecule has 0 aromatic rings. The lowest BCUT2D eigenvalue weighted by Gasteiger charge is -2.45. The zero-order valence-corrected chi connectivity index (χ0v) is 11.4. The highest BCUT2D eigenvalue weighted by Crippen LogP contribution is 2.52. The molecule has 0 amide bonds. The van der Waals surface area contributed by atoms with Crippen molar-refractivity contribution in [2.75, 3.05) is 11.5 Å². The monoisotopic (exact) mass is 260 g/mol. The third-order valence-electron chi connectivity index (χ3n) is 3.30. The van der Waals surface area contributed by atoms with Gasteiger partial charge in [0.1, 0.15) is 6.29 Å². The highest BCUT2D eigenvalue weighted by Gasteiger charge is 2.42. The minimum atomic E-state index is 0.161. The average molecular weight is 260 g/mol. The zero-order chi connectivity index (χ0) is 11.4. The van der Waals surface area contributed by atoms with E-state index in [1.807, 2.05) is 0 Å². The van der Waals surface area contributed by atoms with Crippen LogP contribution in [0.4, 0.5) is 0 Å². The third kappa shape index (κ3) is 2.96. The summed E-state index contributed by atoms with van der Waals surface area (Å²) in [5.74, 6) is 2.55. The molecule has 0 saturated carbocycles. The molecule has 2 aliphatic heterocycles. The van der Waals surface area contributed by atoms with Crippen LogP contribution in [0.2, 0.25) is 0 Å². The first-order valence-corrected chi connectivity index (χ1v) is 8.12. The fourth-order valence-electron chi connectivity index (χ4n) is 2.48. The molecule has 2 aliphatic rings. The fourth-order valence-corrected chi connectivity index (χ4v) is 6.04. The van der Waals surface area contributed by atoms with Crippen molar-refractivity contribution in [3.8, 4) is 0 Å². The quantitative estimate of drug-likeness (QED) is 0.728. The number of carbonyl (C=O) groups excluding carboxylic acids is 1. The second-order valence-corrected chi connectivity index (χ2v) is 7.78. The van der Waals surface area contributed by atoms with Gasteiger partial charge in [-0.25, -0.2) is 0 Å². The van der Waals surface area contributed by atoms with E-state index in [9.17, 15) is 4.79 Å². The molecule has 0 N–H and O–H groups in total. The first kappa shape index (κ1) is 12.8. The number of hydrogen-bond donors (Lipinski definition) is 0. The summed E-state index contributed by atoms with van der Waals surface area (Å²) >= 11 is 4.20. The third-order valence-corrected chi connectivity index (χ3v) is 6.71. The van der Waals surface area contributed by atoms with E-state index in [1.165, 1.54) is 17.9 Å². The zero-order valence-electron chi connectivity index (χ0n) is 9.81. The summed E-state index contributed by atoms with van der Waals surface area (Å²) in [7, 11) is 0. The van der Waals surface area contributed by atoms with Gasteiger partial charge in [0.2, 0.25) is 0 Å². The average Bonchev–Trinajstić information content (AvgIpc) is 2.30. The Labute approximate surface area is 106 Å². The van der Waals surface area contributed by atoms with Crippen molar-refractivity contribution >= 4 is 29.8 Å². The standard InChI is InChI=1S/C12H20O2S2/c1-2-10-8-12(15-6-3-7-16-12)9-11(14-10)4-5-13/h5,10-11H,2-4,6-9H2,1H3/t10-,11+/m1/s1. The van der Waals surface area contributed by atoms with Gasteiger partial charge in [-0.2, -0.15) is 0 Å². The minimum Gasteiger partial charge on any atom is -0.374 e. The van der Waals surface area contributed by atoms with Crippen LogP contribution in [-0.4, -0.2) is 34.1 Å². The van der Waals surface area contributed by atoms with Gasteiger partial charge in [-0.15, -0.1) is 23.5 Å². The van der Waals surface area contributed by atoms with E-state index < -0.39 is 0 Å². The van der Waals surface area contributed by atoms with E-state index in [2.05, 4.69) is 30.4 Å². The van der Waals surface area contributed by atoms with Gasteiger partial charge in [0.25, 0.3) is 0 Å². The second-order valence-electron chi connectivity index (χ2n) is 4.56. The number of carbonyl (C=O) groups is 1. The van der Waals surface area contributed by atoms with Gasteiger partial charge >= 0.3 is 0 Å². The van der Waals surface area contributed by atoms with Crippen molar-refractivity contribution in [3.63, 3.8) is 0 Å². The number of ether oxygens (including phenoxy) is 1. The predicted molar refractivity (Wildman–Crippen MR) is 71.1 cm³/mol. The van der Waals surface area contributed by atoms with E-state index in [-0.39, 0.29) is 6.10 Å². The highest BCUT2D eigenvalue weighted by atomic mass is 32.2. The molecule has 2 saturated heterocycles. The molecule has 0 unspecified atom stereocenters. The van der Waals surface area contributed by atoms with Crippen LogP contribution in [0, 0.1) is 0 Å². The Hall–Kier alpha value is 0.330. The highest BCUT2D eigenvalue weighted by molar-refractivity contribution is 8.18. The Balaban J connectivity index is 2.03. The minimum absolute atomic E-state index is 0.161. The number of aldehydes is 1. The molecule has 92 valence electrons. The molecule has 16 heavy (non-hydrogen) atoms. The molecule has 4 heteroatoms. The molecule has 0 aliphatic carbocycles. The van der Waals surface area contributed by atoms with Crippen LogP contribution in [0.15, 0.2) is 0 Å². The van der Waals surface area contributed by atoms with E-state index in [4.69, 9.17) is 4.74 Å². The van der Waals surface area contributed by atoms with Crippen molar-refractivity contribution in [3.05, 3.63) is 0 Å². The van der Waals surface area contributed by atoms with Crippen LogP contribution in [0.5, 0.6) is 0 Å². The van der Waals surface area contributed by atoms with Crippen LogP contribution in [-0.2, 0) is 9.53 Å². The van der Waals surface area contributed by atoms with E-state index >= 15 is 0 Å². The fraction of sp³-hybridized carbons (Fsp3) is 0.917. The Bertz CT molecular complexity index is 239. The van der Waals surface area contributed by atoms with Crippen molar-refractivity contribution in [1.29, 1.82) is 0 Å². The lowest BCUT2D eigenvalue weighted by molar-refractivity contribution is -0.114. The van der Waals surface area contributed by atoms with Crippen LogP contribution in [0.1, 0.15) is 39.0 Å². The summed E-state index contributed by atoms with van der Waals surface area (Å²) in [5.41, 5.74) is 0. The van der Waals surface area contributed by atoms with Crippen molar-refractivity contribution < 1.29 is 9.53 Å². The summed E-state index contributed by atoms with van der Waals surface area (Å²) < 4.78 is 6.30. The lowest BCUT2D eigenvalue weighted by Crippen LogP contribution is -2.42. The van der Waals surface area contributed by atoms with Gasteiger partial charge in [-0.1, -0.05) is 6.92 Å². The first-order valence-electron chi connectivity index (χ1n) is 6.15.